The van der Waals surface area contributed by atoms with Crippen molar-refractivity contribution in [3.05, 3.63) is 35.8 Å². The second-order valence-electron chi connectivity index (χ2n) is 7.85. The summed E-state index contributed by atoms with van der Waals surface area (Å²) < 4.78 is 0. The highest BCUT2D eigenvalue weighted by Gasteiger charge is 2.30. The number of anilines is 1. The Kier molecular flexibility index (Phi) is 4.94. The molecule has 0 spiro atoms. The van der Waals surface area contributed by atoms with Crippen LogP contribution in [0.3, 0.4) is 0 Å². The Labute approximate surface area is 155 Å². The molecule has 0 aromatic carbocycles. The van der Waals surface area contributed by atoms with E-state index in [2.05, 4.69) is 21.8 Å². The van der Waals surface area contributed by atoms with Gasteiger partial charge in [-0.1, -0.05) is 20.8 Å². The normalized spacial score (nSPS) is 15.3. The number of amides is 1. The number of rotatable bonds is 2. The number of pyridine rings is 1. The quantitative estimate of drug-likeness (QED) is 0.831. The topological polar surface area (TPSA) is 62.2 Å². The molecule has 0 saturated carbocycles. The summed E-state index contributed by atoms with van der Waals surface area (Å²) >= 11 is 0. The van der Waals surface area contributed by atoms with Crippen LogP contribution < -0.4 is 4.90 Å². The molecule has 0 aliphatic carbocycles. The molecule has 0 N–H and O–H groups in total. The van der Waals surface area contributed by atoms with Crippen molar-refractivity contribution in [3.8, 4) is 11.4 Å². The zero-order valence-electron chi connectivity index (χ0n) is 16.3. The molecule has 6 nitrogen and oxygen atoms in total. The molecule has 26 heavy (non-hydrogen) atoms. The first-order chi connectivity index (χ1) is 12.3. The van der Waals surface area contributed by atoms with E-state index in [9.17, 15) is 4.79 Å². The summed E-state index contributed by atoms with van der Waals surface area (Å²) in [5.74, 6) is 1.87. The molecular formula is C20H27N5O. The molecule has 6 heteroatoms. The van der Waals surface area contributed by atoms with Crippen LogP contribution in [0.5, 0.6) is 0 Å². The first-order valence-electron chi connectivity index (χ1n) is 9.07. The molecule has 0 bridgehead atoms. The summed E-state index contributed by atoms with van der Waals surface area (Å²) in [5, 5.41) is 0. The highest BCUT2D eigenvalue weighted by Crippen LogP contribution is 2.26. The summed E-state index contributed by atoms with van der Waals surface area (Å²) in [6.07, 6.45) is 3.53. The predicted octanol–water partition coefficient (Wildman–Crippen LogP) is 2.85. The van der Waals surface area contributed by atoms with E-state index in [1.54, 1.807) is 12.4 Å². The van der Waals surface area contributed by atoms with Crippen LogP contribution in [0, 0.1) is 19.3 Å². The minimum atomic E-state index is -0.336. The summed E-state index contributed by atoms with van der Waals surface area (Å²) in [6, 6.07) is 3.87. The average molecular weight is 353 g/mol. The van der Waals surface area contributed by atoms with E-state index < -0.39 is 0 Å². The second kappa shape index (κ2) is 7.02. The van der Waals surface area contributed by atoms with Gasteiger partial charge >= 0.3 is 0 Å². The molecule has 3 heterocycles. The number of nitrogens with zero attached hydrogens (tertiary/aromatic N) is 5. The summed E-state index contributed by atoms with van der Waals surface area (Å²) in [6.45, 7) is 13.0. The maximum Gasteiger partial charge on any atom is 0.228 e. The van der Waals surface area contributed by atoms with Crippen molar-refractivity contribution in [1.82, 2.24) is 19.9 Å². The van der Waals surface area contributed by atoms with Crippen molar-refractivity contribution >= 4 is 11.7 Å². The fourth-order valence-corrected chi connectivity index (χ4v) is 3.14. The minimum Gasteiger partial charge on any atom is -0.353 e. The predicted molar refractivity (Wildman–Crippen MR) is 103 cm³/mol. The van der Waals surface area contributed by atoms with Crippen molar-refractivity contribution in [3.63, 3.8) is 0 Å². The van der Waals surface area contributed by atoms with E-state index in [1.165, 1.54) is 0 Å². The summed E-state index contributed by atoms with van der Waals surface area (Å²) in [4.78, 5) is 30.3. The van der Waals surface area contributed by atoms with Gasteiger partial charge in [0.15, 0.2) is 5.82 Å². The van der Waals surface area contributed by atoms with Crippen LogP contribution in [0.15, 0.2) is 24.5 Å². The van der Waals surface area contributed by atoms with E-state index in [-0.39, 0.29) is 11.3 Å². The lowest BCUT2D eigenvalue weighted by Gasteiger charge is -2.38. The van der Waals surface area contributed by atoms with Crippen LogP contribution in [0.4, 0.5) is 5.82 Å². The molecule has 2 aromatic heterocycles. The Morgan fingerprint density at radius 2 is 1.77 bits per heavy atom. The van der Waals surface area contributed by atoms with Gasteiger partial charge in [0.1, 0.15) is 5.82 Å². The number of aromatic nitrogens is 3. The Bertz CT molecular complexity index is 790. The van der Waals surface area contributed by atoms with Crippen LogP contribution in [-0.2, 0) is 4.79 Å². The van der Waals surface area contributed by atoms with Gasteiger partial charge in [-0.15, -0.1) is 0 Å². The van der Waals surface area contributed by atoms with Gasteiger partial charge in [-0.2, -0.15) is 0 Å². The molecular weight excluding hydrogens is 326 g/mol. The monoisotopic (exact) mass is 353 g/mol. The molecule has 1 saturated heterocycles. The van der Waals surface area contributed by atoms with Crippen LogP contribution in [0.1, 0.15) is 32.0 Å². The lowest BCUT2D eigenvalue weighted by Crippen LogP contribution is -2.52. The van der Waals surface area contributed by atoms with Crippen LogP contribution in [-0.4, -0.2) is 51.9 Å². The van der Waals surface area contributed by atoms with E-state index in [0.29, 0.717) is 5.82 Å². The van der Waals surface area contributed by atoms with E-state index >= 15 is 0 Å². The molecule has 1 aliphatic rings. The zero-order valence-corrected chi connectivity index (χ0v) is 16.3. The van der Waals surface area contributed by atoms with Gasteiger partial charge in [0.05, 0.1) is 0 Å². The third kappa shape index (κ3) is 3.69. The van der Waals surface area contributed by atoms with Gasteiger partial charge in [0, 0.05) is 60.8 Å². The fraction of sp³-hybridized carbons (Fsp3) is 0.500. The first-order valence-corrected chi connectivity index (χ1v) is 9.07. The highest BCUT2D eigenvalue weighted by atomic mass is 16.2. The minimum absolute atomic E-state index is 0.212. The van der Waals surface area contributed by atoms with Crippen molar-refractivity contribution in [1.29, 1.82) is 0 Å². The first kappa shape index (κ1) is 18.3. The van der Waals surface area contributed by atoms with E-state index in [0.717, 1.165) is 48.8 Å². The van der Waals surface area contributed by atoms with E-state index in [4.69, 9.17) is 4.98 Å². The van der Waals surface area contributed by atoms with E-state index in [1.807, 2.05) is 44.7 Å². The van der Waals surface area contributed by atoms with Crippen molar-refractivity contribution in [2.75, 3.05) is 31.1 Å². The van der Waals surface area contributed by atoms with Gasteiger partial charge in [-0.05, 0) is 26.0 Å². The van der Waals surface area contributed by atoms with Crippen molar-refractivity contribution in [2.45, 2.75) is 34.6 Å². The molecule has 0 radical (unpaired) electrons. The van der Waals surface area contributed by atoms with Crippen molar-refractivity contribution in [2.24, 2.45) is 5.41 Å². The highest BCUT2D eigenvalue weighted by molar-refractivity contribution is 5.81. The maximum absolute atomic E-state index is 12.5. The third-order valence-corrected chi connectivity index (χ3v) is 4.79. The Morgan fingerprint density at radius 3 is 2.35 bits per heavy atom. The fourth-order valence-electron chi connectivity index (χ4n) is 3.14. The SMILES string of the molecule is Cc1nc(-c2cccnc2)nc(N2CCN(C(=O)C(C)(C)C)CC2)c1C. The lowest BCUT2D eigenvalue weighted by molar-refractivity contribution is -0.139. The van der Waals surface area contributed by atoms with Gasteiger partial charge in [0.2, 0.25) is 5.91 Å². The standard InChI is InChI=1S/C20H27N5O/c1-14-15(2)22-17(16-7-6-8-21-13-16)23-18(14)24-9-11-25(12-10-24)19(26)20(3,4)5/h6-8,13H,9-12H2,1-5H3. The number of carbonyl (C=O) groups is 1. The Hall–Kier alpha value is -2.50. The molecule has 0 unspecified atom stereocenters. The van der Waals surface area contributed by atoms with Gasteiger partial charge < -0.3 is 9.80 Å². The second-order valence-corrected chi connectivity index (χ2v) is 7.85. The molecule has 0 atom stereocenters. The Balaban J connectivity index is 1.82. The summed E-state index contributed by atoms with van der Waals surface area (Å²) in [7, 11) is 0. The third-order valence-electron chi connectivity index (χ3n) is 4.79. The van der Waals surface area contributed by atoms with Crippen molar-refractivity contribution < 1.29 is 4.79 Å². The maximum atomic E-state index is 12.5. The Morgan fingerprint density at radius 1 is 1.08 bits per heavy atom. The average Bonchev–Trinajstić information content (AvgIpc) is 2.63. The van der Waals surface area contributed by atoms with Gasteiger partial charge in [0.25, 0.3) is 0 Å². The van der Waals surface area contributed by atoms with Gasteiger partial charge in [-0.25, -0.2) is 9.97 Å². The van der Waals surface area contributed by atoms with Gasteiger partial charge in [-0.3, -0.25) is 9.78 Å². The van der Waals surface area contributed by atoms with Crippen LogP contribution in [0.25, 0.3) is 11.4 Å². The molecule has 1 aliphatic heterocycles. The molecule has 138 valence electrons. The largest absolute Gasteiger partial charge is 0.353 e. The van der Waals surface area contributed by atoms with Crippen LogP contribution in [0.2, 0.25) is 0 Å². The number of aryl methyl sites for hydroxylation is 1. The smallest absolute Gasteiger partial charge is 0.228 e. The number of hydrogen-bond acceptors (Lipinski definition) is 5. The molecule has 2 aromatic rings. The molecule has 1 fully saturated rings. The molecule has 3 rings (SSSR count). The number of carbonyl (C=O) groups excluding carboxylic acids is 1. The number of hydrogen-bond donors (Lipinski definition) is 0. The number of piperazine rings is 1. The van der Waals surface area contributed by atoms with Crippen LogP contribution >= 0.6 is 0 Å². The summed E-state index contributed by atoms with van der Waals surface area (Å²) in [5.41, 5.74) is 2.64. The lowest BCUT2D eigenvalue weighted by atomic mass is 9.94. The molecule has 1 amide bonds. The zero-order chi connectivity index (χ0) is 18.9.